The topological polar surface area (TPSA) is 65.2 Å². The first kappa shape index (κ1) is 15.5. The van der Waals surface area contributed by atoms with E-state index in [0.717, 1.165) is 18.5 Å². The molecule has 0 spiro atoms. The highest BCUT2D eigenvalue weighted by atomic mass is 32.2. The molecular weight excluding hydrogens is 298 g/mol. The van der Waals surface area contributed by atoms with E-state index in [2.05, 4.69) is 41.5 Å². The van der Waals surface area contributed by atoms with E-state index < -0.39 is 10.0 Å². The van der Waals surface area contributed by atoms with Crippen LogP contribution >= 0.6 is 0 Å². The third-order valence-electron chi connectivity index (χ3n) is 4.58. The van der Waals surface area contributed by atoms with Gasteiger partial charge in [-0.05, 0) is 30.0 Å². The van der Waals surface area contributed by atoms with Crippen LogP contribution in [0.25, 0.3) is 10.9 Å². The van der Waals surface area contributed by atoms with E-state index in [1.165, 1.54) is 17.2 Å². The smallest absolute Gasteiger partial charge is 0.211 e. The predicted molar refractivity (Wildman–Crippen MR) is 89.1 cm³/mol. The minimum atomic E-state index is -3.07. The fourth-order valence-corrected chi connectivity index (χ4v) is 4.20. The van der Waals surface area contributed by atoms with Crippen LogP contribution < -0.4 is 5.32 Å². The average molecular weight is 321 g/mol. The summed E-state index contributed by atoms with van der Waals surface area (Å²) >= 11 is 0. The Labute approximate surface area is 131 Å². The van der Waals surface area contributed by atoms with Crippen molar-refractivity contribution in [2.75, 3.05) is 19.3 Å². The number of rotatable bonds is 4. The fraction of sp³-hybridized carbons (Fsp3) is 0.500. The SMILES string of the molecule is C[C@H]1CN(S(C)(=O)=O)CC[C@@H]1NCc1cccc2[nH]ccc12. The lowest BCUT2D eigenvalue weighted by atomic mass is 9.95. The van der Waals surface area contributed by atoms with Crippen molar-refractivity contribution in [2.45, 2.75) is 25.9 Å². The molecule has 6 heteroatoms. The van der Waals surface area contributed by atoms with Crippen molar-refractivity contribution in [1.82, 2.24) is 14.6 Å². The number of fused-ring (bicyclic) bond motifs is 1. The molecule has 1 aliphatic rings. The summed E-state index contributed by atoms with van der Waals surface area (Å²) in [5, 5.41) is 4.85. The van der Waals surface area contributed by atoms with Gasteiger partial charge in [-0.15, -0.1) is 0 Å². The Bertz CT molecular complexity index is 754. The van der Waals surface area contributed by atoms with E-state index in [1.807, 2.05) is 6.20 Å². The molecule has 2 aromatic rings. The third-order valence-corrected chi connectivity index (χ3v) is 5.85. The molecule has 1 saturated heterocycles. The quantitative estimate of drug-likeness (QED) is 0.904. The summed E-state index contributed by atoms with van der Waals surface area (Å²) < 4.78 is 24.9. The first-order chi connectivity index (χ1) is 10.4. The Kier molecular flexibility index (Phi) is 4.25. The van der Waals surface area contributed by atoms with Crippen LogP contribution in [0.1, 0.15) is 18.9 Å². The Balaban J connectivity index is 1.64. The Hall–Kier alpha value is -1.37. The van der Waals surface area contributed by atoms with Crippen molar-refractivity contribution in [2.24, 2.45) is 5.92 Å². The largest absolute Gasteiger partial charge is 0.361 e. The monoisotopic (exact) mass is 321 g/mol. The maximum Gasteiger partial charge on any atom is 0.211 e. The average Bonchev–Trinajstić information content (AvgIpc) is 2.94. The normalized spacial score (nSPS) is 23.9. The lowest BCUT2D eigenvalue weighted by Gasteiger charge is -2.36. The summed E-state index contributed by atoms with van der Waals surface area (Å²) in [6.45, 7) is 4.13. The Morgan fingerprint density at radius 1 is 1.36 bits per heavy atom. The van der Waals surface area contributed by atoms with E-state index >= 15 is 0 Å². The molecule has 2 N–H and O–H groups in total. The molecule has 2 heterocycles. The molecular formula is C16H23N3O2S. The van der Waals surface area contributed by atoms with Gasteiger partial charge in [0.25, 0.3) is 0 Å². The van der Waals surface area contributed by atoms with Crippen molar-refractivity contribution in [3.05, 3.63) is 36.0 Å². The van der Waals surface area contributed by atoms with Crippen LogP contribution in [0.5, 0.6) is 0 Å². The van der Waals surface area contributed by atoms with Gasteiger partial charge in [-0.3, -0.25) is 0 Å². The van der Waals surface area contributed by atoms with Crippen molar-refractivity contribution < 1.29 is 8.42 Å². The summed E-state index contributed by atoms with van der Waals surface area (Å²) in [6, 6.07) is 8.73. The zero-order chi connectivity index (χ0) is 15.7. The molecule has 0 aliphatic carbocycles. The Morgan fingerprint density at radius 3 is 2.91 bits per heavy atom. The highest BCUT2D eigenvalue weighted by Crippen LogP contribution is 2.21. The number of hydrogen-bond acceptors (Lipinski definition) is 3. The van der Waals surface area contributed by atoms with Crippen LogP contribution in [0.3, 0.4) is 0 Å². The number of nitrogens with one attached hydrogen (secondary N) is 2. The van der Waals surface area contributed by atoms with Gasteiger partial charge in [-0.25, -0.2) is 12.7 Å². The predicted octanol–water partition coefficient (Wildman–Crippen LogP) is 1.93. The zero-order valence-corrected chi connectivity index (χ0v) is 13.9. The van der Waals surface area contributed by atoms with Crippen LogP contribution in [0.4, 0.5) is 0 Å². The minimum absolute atomic E-state index is 0.314. The van der Waals surface area contributed by atoms with E-state index in [4.69, 9.17) is 0 Å². The fourth-order valence-electron chi connectivity index (χ4n) is 3.26. The molecule has 0 bridgehead atoms. The number of piperidine rings is 1. The van der Waals surface area contributed by atoms with E-state index in [-0.39, 0.29) is 0 Å². The van der Waals surface area contributed by atoms with Gasteiger partial charge in [0.2, 0.25) is 10.0 Å². The molecule has 5 nitrogen and oxygen atoms in total. The number of benzene rings is 1. The van der Waals surface area contributed by atoms with Gasteiger partial charge in [0.05, 0.1) is 6.26 Å². The van der Waals surface area contributed by atoms with Crippen molar-refractivity contribution in [3.63, 3.8) is 0 Å². The molecule has 1 fully saturated rings. The molecule has 1 aromatic heterocycles. The van der Waals surface area contributed by atoms with Gasteiger partial charge in [0, 0.05) is 42.8 Å². The number of nitrogens with zero attached hydrogens (tertiary/aromatic N) is 1. The zero-order valence-electron chi connectivity index (χ0n) is 13.0. The summed E-state index contributed by atoms with van der Waals surface area (Å²) in [6.07, 6.45) is 4.11. The van der Waals surface area contributed by atoms with Gasteiger partial charge >= 0.3 is 0 Å². The standard InChI is InChI=1S/C16H23N3O2S/c1-12-11-19(22(2,20)21)9-7-15(12)18-10-13-4-3-5-16-14(13)6-8-17-16/h3-6,8,12,15,17-18H,7,9-11H2,1-2H3/t12-,15-/m0/s1. The molecule has 2 atom stereocenters. The van der Waals surface area contributed by atoms with Crippen LogP contribution in [0.2, 0.25) is 0 Å². The molecule has 1 aromatic carbocycles. The maximum atomic E-state index is 11.6. The number of H-pyrrole nitrogens is 1. The van der Waals surface area contributed by atoms with Crippen molar-refractivity contribution >= 4 is 20.9 Å². The number of hydrogen-bond donors (Lipinski definition) is 2. The number of aromatic amines is 1. The molecule has 1 aliphatic heterocycles. The summed E-state index contributed by atoms with van der Waals surface area (Å²) in [5.41, 5.74) is 2.43. The van der Waals surface area contributed by atoms with Crippen molar-refractivity contribution in [3.8, 4) is 0 Å². The van der Waals surface area contributed by atoms with Gasteiger partial charge in [-0.1, -0.05) is 19.1 Å². The maximum absolute atomic E-state index is 11.6. The number of aromatic nitrogens is 1. The van der Waals surface area contributed by atoms with Gasteiger partial charge in [0.15, 0.2) is 0 Å². The van der Waals surface area contributed by atoms with Crippen LogP contribution in [-0.2, 0) is 16.6 Å². The molecule has 0 saturated carbocycles. The van der Waals surface area contributed by atoms with E-state index in [1.54, 1.807) is 4.31 Å². The van der Waals surface area contributed by atoms with Gasteiger partial charge < -0.3 is 10.3 Å². The third kappa shape index (κ3) is 3.19. The van der Waals surface area contributed by atoms with Crippen LogP contribution in [-0.4, -0.2) is 43.1 Å². The molecule has 0 radical (unpaired) electrons. The Morgan fingerprint density at radius 2 is 2.18 bits per heavy atom. The van der Waals surface area contributed by atoms with Gasteiger partial charge in [-0.2, -0.15) is 0 Å². The second-order valence-corrected chi connectivity index (χ2v) is 8.21. The number of sulfonamides is 1. The lowest BCUT2D eigenvalue weighted by Crippen LogP contribution is -2.49. The second kappa shape index (κ2) is 6.02. The van der Waals surface area contributed by atoms with Gasteiger partial charge in [0.1, 0.15) is 0 Å². The lowest BCUT2D eigenvalue weighted by molar-refractivity contribution is 0.220. The van der Waals surface area contributed by atoms with Crippen LogP contribution in [0, 0.1) is 5.92 Å². The highest BCUT2D eigenvalue weighted by Gasteiger charge is 2.30. The first-order valence-corrected chi connectivity index (χ1v) is 9.53. The molecule has 22 heavy (non-hydrogen) atoms. The van der Waals surface area contributed by atoms with E-state index in [0.29, 0.717) is 25.0 Å². The summed E-state index contributed by atoms with van der Waals surface area (Å²) in [4.78, 5) is 3.23. The van der Waals surface area contributed by atoms with Crippen LogP contribution in [0.15, 0.2) is 30.5 Å². The molecule has 120 valence electrons. The first-order valence-electron chi connectivity index (χ1n) is 7.68. The summed E-state index contributed by atoms with van der Waals surface area (Å²) in [5.74, 6) is 0.314. The van der Waals surface area contributed by atoms with E-state index in [9.17, 15) is 8.42 Å². The molecule has 0 amide bonds. The minimum Gasteiger partial charge on any atom is -0.361 e. The molecule has 3 rings (SSSR count). The highest BCUT2D eigenvalue weighted by molar-refractivity contribution is 7.88. The van der Waals surface area contributed by atoms with Crippen molar-refractivity contribution in [1.29, 1.82) is 0 Å². The molecule has 0 unspecified atom stereocenters. The second-order valence-electron chi connectivity index (χ2n) is 6.23. The summed E-state index contributed by atoms with van der Waals surface area (Å²) in [7, 11) is -3.07.